The van der Waals surface area contributed by atoms with Crippen molar-refractivity contribution in [2.45, 2.75) is 26.3 Å². The third-order valence-corrected chi connectivity index (χ3v) is 3.37. The van der Waals surface area contributed by atoms with E-state index >= 15 is 0 Å². The fourth-order valence-electron chi connectivity index (χ4n) is 1.70. The highest BCUT2D eigenvalue weighted by atomic mass is 32.1. The highest BCUT2D eigenvalue weighted by molar-refractivity contribution is 7.09. The summed E-state index contributed by atoms with van der Waals surface area (Å²) in [4.78, 5) is 8.28. The van der Waals surface area contributed by atoms with Gasteiger partial charge >= 0.3 is 0 Å². The van der Waals surface area contributed by atoms with E-state index in [1.807, 2.05) is 19.1 Å². The van der Waals surface area contributed by atoms with Gasteiger partial charge in [0.25, 0.3) is 0 Å². The maximum atomic E-state index is 8.97. The molecule has 5 nitrogen and oxygen atoms in total. The van der Waals surface area contributed by atoms with Gasteiger partial charge in [0, 0.05) is 11.9 Å². The smallest absolute Gasteiger partial charge is 0.176 e. The number of hydrogen-bond donors (Lipinski definition) is 0. The second-order valence-electron chi connectivity index (χ2n) is 3.82. The van der Waals surface area contributed by atoms with Crippen LogP contribution in [0.25, 0.3) is 0 Å². The summed E-state index contributed by atoms with van der Waals surface area (Å²) in [6.45, 7) is 2.66. The number of nitrogens with zero attached hydrogens (tertiary/aromatic N) is 5. The summed E-state index contributed by atoms with van der Waals surface area (Å²) < 4.78 is 1.72. The summed E-state index contributed by atoms with van der Waals surface area (Å²) in [5.41, 5.74) is 1.62. The summed E-state index contributed by atoms with van der Waals surface area (Å²) in [5.74, 6) is 0. The summed E-state index contributed by atoms with van der Waals surface area (Å²) in [6.07, 6.45) is 3.29. The van der Waals surface area contributed by atoms with Crippen molar-refractivity contribution in [1.82, 2.24) is 14.5 Å². The van der Waals surface area contributed by atoms with Gasteiger partial charge in [-0.25, -0.2) is 9.97 Å². The molecule has 2 aromatic heterocycles. The number of imidazole rings is 1. The Kier molecular flexibility index (Phi) is 3.71. The normalized spacial score (nSPS) is 9.94. The van der Waals surface area contributed by atoms with Crippen LogP contribution in [-0.4, -0.2) is 14.5 Å². The fourth-order valence-corrected chi connectivity index (χ4v) is 2.35. The van der Waals surface area contributed by atoms with E-state index in [4.69, 9.17) is 10.5 Å². The van der Waals surface area contributed by atoms with E-state index in [-0.39, 0.29) is 5.69 Å². The monoisotopic (exact) mass is 257 g/mol. The summed E-state index contributed by atoms with van der Waals surface area (Å²) in [5, 5.41) is 20.9. The van der Waals surface area contributed by atoms with Gasteiger partial charge in [0.15, 0.2) is 11.4 Å². The van der Waals surface area contributed by atoms with Crippen LogP contribution in [0.2, 0.25) is 0 Å². The van der Waals surface area contributed by atoms with Crippen LogP contribution in [0.5, 0.6) is 0 Å². The molecule has 0 aliphatic carbocycles. The molecular weight excluding hydrogens is 246 g/mol. The van der Waals surface area contributed by atoms with Crippen LogP contribution >= 0.6 is 11.3 Å². The molecular formula is C12H11N5S. The molecule has 0 bridgehead atoms. The third kappa shape index (κ3) is 2.55. The first kappa shape index (κ1) is 12.3. The van der Waals surface area contributed by atoms with Gasteiger partial charge < -0.3 is 4.57 Å². The Morgan fingerprint density at radius 1 is 1.39 bits per heavy atom. The Labute approximate surface area is 109 Å². The van der Waals surface area contributed by atoms with Gasteiger partial charge in [0.05, 0.1) is 17.0 Å². The molecule has 0 atom stereocenters. The molecule has 0 radical (unpaired) electrons. The van der Waals surface area contributed by atoms with E-state index in [0.29, 0.717) is 12.2 Å². The van der Waals surface area contributed by atoms with Gasteiger partial charge in [-0.3, -0.25) is 0 Å². The minimum Gasteiger partial charge on any atom is -0.321 e. The zero-order chi connectivity index (χ0) is 13.0. The van der Waals surface area contributed by atoms with Crippen LogP contribution in [0, 0.1) is 29.6 Å². The van der Waals surface area contributed by atoms with E-state index in [2.05, 4.69) is 15.3 Å². The minimum atomic E-state index is 0.196. The molecule has 0 aliphatic rings. The SMILES string of the molecule is Cc1nc(CCCn2cnc(C#N)c2C#N)cs1. The summed E-state index contributed by atoms with van der Waals surface area (Å²) in [7, 11) is 0. The Hall–Kier alpha value is -2.18. The second-order valence-corrected chi connectivity index (χ2v) is 4.88. The van der Waals surface area contributed by atoms with Crippen LogP contribution in [0.15, 0.2) is 11.7 Å². The lowest BCUT2D eigenvalue weighted by molar-refractivity contribution is 0.631. The molecule has 0 amide bonds. The van der Waals surface area contributed by atoms with E-state index in [1.54, 1.807) is 22.2 Å². The molecule has 0 N–H and O–H groups in total. The Bertz CT molecular complexity index is 626. The van der Waals surface area contributed by atoms with Crippen LogP contribution in [0.1, 0.15) is 28.5 Å². The lowest BCUT2D eigenvalue weighted by atomic mass is 10.2. The topological polar surface area (TPSA) is 78.3 Å². The van der Waals surface area contributed by atoms with Gasteiger partial charge in [-0.2, -0.15) is 10.5 Å². The lowest BCUT2D eigenvalue weighted by Crippen LogP contribution is -2.01. The van der Waals surface area contributed by atoms with Crippen LogP contribution in [-0.2, 0) is 13.0 Å². The molecule has 6 heteroatoms. The van der Waals surface area contributed by atoms with Gasteiger partial charge in [0.1, 0.15) is 12.1 Å². The number of aromatic nitrogens is 3. The van der Waals surface area contributed by atoms with Crippen molar-refractivity contribution >= 4 is 11.3 Å². The highest BCUT2D eigenvalue weighted by Gasteiger charge is 2.09. The number of hydrogen-bond acceptors (Lipinski definition) is 5. The largest absolute Gasteiger partial charge is 0.321 e. The first-order valence-electron chi connectivity index (χ1n) is 5.51. The van der Waals surface area contributed by atoms with Crippen molar-refractivity contribution in [3.05, 3.63) is 33.8 Å². The van der Waals surface area contributed by atoms with Crippen molar-refractivity contribution in [3.63, 3.8) is 0 Å². The maximum Gasteiger partial charge on any atom is 0.176 e. The average molecular weight is 257 g/mol. The minimum absolute atomic E-state index is 0.196. The standard InChI is InChI=1S/C12H11N5S/c1-9-16-10(7-18-9)3-2-4-17-8-15-11(5-13)12(17)6-14/h7-8H,2-4H2,1H3. The molecule has 0 aromatic carbocycles. The number of thiazole rings is 1. The van der Waals surface area contributed by atoms with Crippen LogP contribution in [0.3, 0.4) is 0 Å². The third-order valence-electron chi connectivity index (χ3n) is 2.55. The Morgan fingerprint density at radius 3 is 2.83 bits per heavy atom. The Morgan fingerprint density at radius 2 is 2.22 bits per heavy atom. The average Bonchev–Trinajstić information content (AvgIpc) is 2.95. The fraction of sp³-hybridized carbons (Fsp3) is 0.333. The van der Waals surface area contributed by atoms with Gasteiger partial charge in [-0.15, -0.1) is 11.3 Å². The van der Waals surface area contributed by atoms with Gasteiger partial charge in [-0.05, 0) is 19.8 Å². The predicted molar refractivity (Wildman–Crippen MR) is 66.8 cm³/mol. The predicted octanol–water partition coefficient (Wildman–Crippen LogP) is 2.02. The number of rotatable bonds is 4. The van der Waals surface area contributed by atoms with Gasteiger partial charge in [0.2, 0.25) is 0 Å². The molecule has 0 saturated heterocycles. The number of aryl methyl sites for hydroxylation is 3. The zero-order valence-corrected chi connectivity index (χ0v) is 10.7. The summed E-state index contributed by atoms with van der Waals surface area (Å²) in [6, 6.07) is 3.93. The molecule has 0 saturated carbocycles. The first-order chi connectivity index (χ1) is 8.74. The van der Waals surface area contributed by atoms with Gasteiger partial charge in [-0.1, -0.05) is 0 Å². The van der Waals surface area contributed by atoms with Crippen molar-refractivity contribution in [1.29, 1.82) is 10.5 Å². The van der Waals surface area contributed by atoms with Crippen LogP contribution in [0.4, 0.5) is 0 Å². The highest BCUT2D eigenvalue weighted by Crippen LogP contribution is 2.11. The molecule has 90 valence electrons. The molecule has 0 spiro atoms. The molecule has 0 fully saturated rings. The maximum absolute atomic E-state index is 8.97. The van der Waals surface area contributed by atoms with Crippen molar-refractivity contribution in [3.8, 4) is 12.1 Å². The van der Waals surface area contributed by atoms with E-state index in [0.717, 1.165) is 23.5 Å². The quantitative estimate of drug-likeness (QED) is 0.839. The second kappa shape index (κ2) is 5.44. The molecule has 0 unspecified atom stereocenters. The molecule has 2 rings (SSSR count). The Balaban J connectivity index is 1.97. The van der Waals surface area contributed by atoms with Crippen molar-refractivity contribution in [2.24, 2.45) is 0 Å². The number of nitriles is 2. The lowest BCUT2D eigenvalue weighted by Gasteiger charge is -2.02. The molecule has 18 heavy (non-hydrogen) atoms. The van der Waals surface area contributed by atoms with Crippen molar-refractivity contribution < 1.29 is 0 Å². The summed E-state index contributed by atoms with van der Waals surface area (Å²) >= 11 is 1.64. The van der Waals surface area contributed by atoms with Crippen molar-refractivity contribution in [2.75, 3.05) is 0 Å². The molecule has 2 aromatic rings. The molecule has 0 aliphatic heterocycles. The van der Waals surface area contributed by atoms with E-state index in [1.165, 1.54) is 0 Å². The van der Waals surface area contributed by atoms with Crippen LogP contribution < -0.4 is 0 Å². The first-order valence-corrected chi connectivity index (χ1v) is 6.39. The molecule has 2 heterocycles. The van der Waals surface area contributed by atoms with E-state index < -0.39 is 0 Å². The zero-order valence-electron chi connectivity index (χ0n) is 9.92. The van der Waals surface area contributed by atoms with E-state index in [9.17, 15) is 0 Å².